The number of alkyl halides is 3. The van der Waals surface area contributed by atoms with Gasteiger partial charge in [0.1, 0.15) is 0 Å². The minimum Gasteiger partial charge on any atom is -0.378 e. The second kappa shape index (κ2) is 13.9. The summed E-state index contributed by atoms with van der Waals surface area (Å²) in [4.78, 5) is 45.4. The molecule has 12 heteroatoms. The maximum absolute atomic E-state index is 13.4. The SMILES string of the molecule is CC1=C(CCCCCCN2CCN(C(=O)Nc3ccc(N(C)C)cc3)CC2)C(=O)N(c2ccc(C#N)c(C(F)(F)F)c2)C1=O. The normalized spacial score (nSPS) is 16.0. The van der Waals surface area contributed by atoms with Gasteiger partial charge < -0.3 is 15.1 Å². The lowest BCUT2D eigenvalue weighted by Gasteiger charge is -2.34. The molecule has 234 valence electrons. The summed E-state index contributed by atoms with van der Waals surface area (Å²) in [5, 5.41) is 12.0. The third-order valence-electron chi connectivity index (χ3n) is 8.07. The van der Waals surface area contributed by atoms with Crippen LogP contribution >= 0.6 is 0 Å². The number of amides is 4. The molecule has 0 aromatic heterocycles. The van der Waals surface area contributed by atoms with Gasteiger partial charge in [0.25, 0.3) is 11.8 Å². The van der Waals surface area contributed by atoms with Crippen LogP contribution in [0, 0.1) is 11.3 Å². The summed E-state index contributed by atoms with van der Waals surface area (Å²) in [6.45, 7) is 5.28. The van der Waals surface area contributed by atoms with E-state index in [1.165, 1.54) is 19.1 Å². The topological polar surface area (TPSA) is 100.0 Å². The van der Waals surface area contributed by atoms with Gasteiger partial charge in [0.05, 0.1) is 22.9 Å². The van der Waals surface area contributed by atoms with Gasteiger partial charge in [0.15, 0.2) is 0 Å². The molecule has 1 fully saturated rings. The first-order valence-corrected chi connectivity index (χ1v) is 14.7. The maximum atomic E-state index is 13.4. The zero-order valence-corrected chi connectivity index (χ0v) is 25.2. The Balaban J connectivity index is 1.17. The number of hydrogen-bond donors (Lipinski definition) is 1. The van der Waals surface area contributed by atoms with Crippen molar-refractivity contribution in [1.82, 2.24) is 9.80 Å². The quantitative estimate of drug-likeness (QED) is 0.277. The number of rotatable bonds is 10. The Kier molecular flexibility index (Phi) is 10.3. The molecule has 0 radical (unpaired) electrons. The average molecular weight is 611 g/mol. The Morgan fingerprint density at radius 3 is 2.23 bits per heavy atom. The van der Waals surface area contributed by atoms with Crippen molar-refractivity contribution in [1.29, 1.82) is 5.26 Å². The highest BCUT2D eigenvalue weighted by molar-refractivity contribution is 6.32. The predicted molar refractivity (Wildman–Crippen MR) is 162 cm³/mol. The predicted octanol–water partition coefficient (Wildman–Crippen LogP) is 5.63. The third-order valence-corrected chi connectivity index (χ3v) is 8.07. The number of nitriles is 1. The number of anilines is 3. The number of imide groups is 1. The van der Waals surface area contributed by atoms with E-state index in [1.54, 1.807) is 0 Å². The highest BCUT2D eigenvalue weighted by atomic mass is 19.4. The molecule has 2 heterocycles. The Bertz CT molecular complexity index is 1460. The molecule has 2 aliphatic heterocycles. The van der Waals surface area contributed by atoms with Gasteiger partial charge >= 0.3 is 12.2 Å². The van der Waals surface area contributed by atoms with Crippen LogP contribution in [-0.4, -0.2) is 74.5 Å². The summed E-state index contributed by atoms with van der Waals surface area (Å²) in [6, 6.07) is 11.9. The largest absolute Gasteiger partial charge is 0.417 e. The van der Waals surface area contributed by atoms with Crippen LogP contribution in [0.3, 0.4) is 0 Å². The van der Waals surface area contributed by atoms with Crippen LogP contribution in [0.4, 0.5) is 35.0 Å². The first kappa shape index (κ1) is 32.5. The zero-order chi connectivity index (χ0) is 32.0. The number of halogens is 3. The van der Waals surface area contributed by atoms with E-state index in [4.69, 9.17) is 5.26 Å². The average Bonchev–Trinajstić information content (AvgIpc) is 3.21. The van der Waals surface area contributed by atoms with Crippen LogP contribution < -0.4 is 15.1 Å². The standard InChI is InChI=1S/C32H37F3N6O3/c1-22-27(30(43)41(29(22)42)26-12-9-23(21-36)28(20-26)32(33,34)35)8-6-4-5-7-15-39-16-18-40(19-17-39)31(44)37-24-10-13-25(14-11-24)38(2)3/h9-14,20H,4-8,15-19H2,1-3H3,(H,37,44). The molecule has 0 saturated carbocycles. The summed E-state index contributed by atoms with van der Waals surface area (Å²) in [5.74, 6) is -1.25. The van der Waals surface area contributed by atoms with Crippen molar-refractivity contribution >= 4 is 34.9 Å². The third kappa shape index (κ3) is 7.58. The van der Waals surface area contributed by atoms with E-state index in [-0.39, 0.29) is 17.3 Å². The molecule has 1 saturated heterocycles. The molecule has 2 aromatic carbocycles. The maximum Gasteiger partial charge on any atom is 0.417 e. The number of hydrogen-bond acceptors (Lipinski definition) is 6. The zero-order valence-electron chi connectivity index (χ0n) is 25.2. The molecule has 0 bridgehead atoms. The van der Waals surface area contributed by atoms with E-state index >= 15 is 0 Å². The summed E-state index contributed by atoms with van der Waals surface area (Å²) >= 11 is 0. The van der Waals surface area contributed by atoms with Crippen LogP contribution in [0.2, 0.25) is 0 Å². The van der Waals surface area contributed by atoms with E-state index < -0.39 is 29.1 Å². The van der Waals surface area contributed by atoms with Gasteiger partial charge in [0.2, 0.25) is 0 Å². The molecule has 9 nitrogen and oxygen atoms in total. The molecule has 0 aliphatic carbocycles. The van der Waals surface area contributed by atoms with Crippen LogP contribution in [0.1, 0.15) is 50.2 Å². The number of urea groups is 1. The van der Waals surface area contributed by atoms with E-state index in [0.717, 1.165) is 61.2 Å². The summed E-state index contributed by atoms with van der Waals surface area (Å²) in [6.07, 6.45) is -1.05. The fourth-order valence-corrected chi connectivity index (χ4v) is 5.43. The van der Waals surface area contributed by atoms with Crippen LogP contribution in [0.25, 0.3) is 0 Å². The number of benzene rings is 2. The second-order valence-electron chi connectivity index (χ2n) is 11.3. The molecule has 0 atom stereocenters. The van der Waals surface area contributed by atoms with Crippen LogP contribution in [-0.2, 0) is 15.8 Å². The van der Waals surface area contributed by atoms with Crippen LogP contribution in [0.5, 0.6) is 0 Å². The number of nitrogens with one attached hydrogen (secondary N) is 1. The lowest BCUT2D eigenvalue weighted by atomic mass is 10.0. The lowest BCUT2D eigenvalue weighted by Crippen LogP contribution is -2.50. The van der Waals surface area contributed by atoms with Gasteiger partial charge in [-0.05, 0) is 75.2 Å². The molecule has 4 amide bonds. The first-order chi connectivity index (χ1) is 20.9. The molecule has 2 aromatic rings. The van der Waals surface area contributed by atoms with E-state index in [0.29, 0.717) is 37.6 Å². The molecule has 0 spiro atoms. The molecular formula is C32H37F3N6O3. The van der Waals surface area contributed by atoms with Crippen molar-refractivity contribution in [3.8, 4) is 6.07 Å². The van der Waals surface area contributed by atoms with Crippen molar-refractivity contribution in [2.45, 2.75) is 45.2 Å². The van der Waals surface area contributed by atoms with Crippen molar-refractivity contribution in [3.63, 3.8) is 0 Å². The highest BCUT2D eigenvalue weighted by Crippen LogP contribution is 2.37. The number of piperazine rings is 1. The van der Waals surface area contributed by atoms with Gasteiger partial charge in [-0.2, -0.15) is 18.4 Å². The van der Waals surface area contributed by atoms with Crippen molar-refractivity contribution < 1.29 is 27.6 Å². The molecule has 1 N–H and O–H groups in total. The van der Waals surface area contributed by atoms with Gasteiger partial charge in [-0.25, -0.2) is 9.69 Å². The smallest absolute Gasteiger partial charge is 0.378 e. The van der Waals surface area contributed by atoms with Gasteiger partial charge in [-0.15, -0.1) is 0 Å². The Morgan fingerprint density at radius 1 is 0.955 bits per heavy atom. The van der Waals surface area contributed by atoms with E-state index in [9.17, 15) is 27.6 Å². The summed E-state index contributed by atoms with van der Waals surface area (Å²) in [7, 11) is 3.93. The number of carbonyl (C=O) groups is 3. The van der Waals surface area contributed by atoms with Gasteiger partial charge in [0, 0.05) is 62.8 Å². The van der Waals surface area contributed by atoms with Gasteiger partial charge in [-0.3, -0.25) is 14.5 Å². The molecule has 4 rings (SSSR count). The Morgan fingerprint density at radius 2 is 1.61 bits per heavy atom. The highest BCUT2D eigenvalue weighted by Gasteiger charge is 2.39. The van der Waals surface area contributed by atoms with Crippen LogP contribution in [0.15, 0.2) is 53.6 Å². The summed E-state index contributed by atoms with van der Waals surface area (Å²) in [5.41, 5.74) is 0.422. The Labute approximate surface area is 255 Å². The monoisotopic (exact) mass is 610 g/mol. The van der Waals surface area contributed by atoms with E-state index in [2.05, 4.69) is 10.2 Å². The fourth-order valence-electron chi connectivity index (χ4n) is 5.43. The van der Waals surface area contributed by atoms with Crippen molar-refractivity contribution in [2.24, 2.45) is 0 Å². The number of unbranched alkanes of at least 4 members (excludes halogenated alkanes) is 3. The van der Waals surface area contributed by atoms with Gasteiger partial charge in [-0.1, -0.05) is 12.8 Å². The molecule has 0 unspecified atom stereocenters. The molecule has 2 aliphatic rings. The number of carbonyl (C=O) groups excluding carboxylic acids is 3. The van der Waals surface area contributed by atoms with E-state index in [1.807, 2.05) is 48.2 Å². The van der Waals surface area contributed by atoms with Crippen molar-refractivity contribution in [3.05, 3.63) is 64.7 Å². The minimum atomic E-state index is -4.79. The summed E-state index contributed by atoms with van der Waals surface area (Å²) < 4.78 is 40.2. The lowest BCUT2D eigenvalue weighted by molar-refractivity contribution is -0.138. The molecule has 44 heavy (non-hydrogen) atoms. The first-order valence-electron chi connectivity index (χ1n) is 14.7. The fraction of sp³-hybridized carbons (Fsp3) is 0.438. The Hall–Kier alpha value is -4.37. The number of nitrogens with zero attached hydrogens (tertiary/aromatic N) is 5. The second-order valence-corrected chi connectivity index (χ2v) is 11.3. The molecular weight excluding hydrogens is 573 g/mol. The minimum absolute atomic E-state index is 0.106. The van der Waals surface area contributed by atoms with Crippen molar-refractivity contribution in [2.75, 3.05) is 61.9 Å².